The molecule has 1 aliphatic heterocycles. The first-order valence-electron chi connectivity index (χ1n) is 5.51. The molecule has 1 atom stereocenters. The normalized spacial score (nSPS) is 23.2. The topological polar surface area (TPSA) is 46.2 Å². The third-order valence-corrected chi connectivity index (χ3v) is 4.83. The fourth-order valence-electron chi connectivity index (χ4n) is 2.16. The lowest BCUT2D eigenvalue weighted by Crippen LogP contribution is -2.21. The fraction of sp³-hybridized carbons (Fsp3) is 0.500. The molecular weight excluding hydrogens is 222 g/mol. The highest BCUT2D eigenvalue weighted by atomic mass is 32.2. The van der Waals surface area contributed by atoms with Crippen LogP contribution in [0.15, 0.2) is 18.2 Å². The van der Waals surface area contributed by atoms with Crippen molar-refractivity contribution in [1.82, 2.24) is 0 Å². The number of sulfone groups is 1. The van der Waals surface area contributed by atoms with Gasteiger partial charge in [0.05, 0.1) is 11.5 Å². The smallest absolute Gasteiger partial charge is 0.152 e. The number of benzene rings is 1. The van der Waals surface area contributed by atoms with Crippen molar-refractivity contribution in [2.24, 2.45) is 0 Å². The van der Waals surface area contributed by atoms with Crippen LogP contribution in [0.5, 0.6) is 0 Å². The minimum atomic E-state index is -2.80. The molecule has 1 unspecified atom stereocenters. The second-order valence-electron chi connectivity index (χ2n) is 4.51. The third-order valence-electron chi connectivity index (χ3n) is 3.06. The zero-order valence-corrected chi connectivity index (χ0v) is 10.5. The minimum Gasteiger partial charge on any atom is -0.381 e. The minimum absolute atomic E-state index is 0.0739. The molecule has 0 saturated carbocycles. The Bertz CT molecular complexity index is 473. The first-order chi connectivity index (χ1) is 7.48. The van der Waals surface area contributed by atoms with E-state index < -0.39 is 9.84 Å². The van der Waals surface area contributed by atoms with Gasteiger partial charge in [-0.25, -0.2) is 8.42 Å². The predicted octanol–water partition coefficient (Wildman–Crippen LogP) is 1.90. The summed E-state index contributed by atoms with van der Waals surface area (Å²) in [6, 6.07) is 6.17. The quantitative estimate of drug-likeness (QED) is 0.857. The van der Waals surface area contributed by atoms with Gasteiger partial charge in [-0.2, -0.15) is 0 Å². The lowest BCUT2D eigenvalue weighted by atomic mass is 10.1. The molecule has 0 aliphatic carbocycles. The molecule has 4 heteroatoms. The Morgan fingerprint density at radius 3 is 2.38 bits per heavy atom. The summed E-state index contributed by atoms with van der Waals surface area (Å²) in [5.74, 6) is 0.580. The molecule has 0 amide bonds. The summed E-state index contributed by atoms with van der Waals surface area (Å²) in [4.78, 5) is 0. The van der Waals surface area contributed by atoms with E-state index in [4.69, 9.17) is 0 Å². The molecule has 0 bridgehead atoms. The average molecular weight is 239 g/mol. The summed E-state index contributed by atoms with van der Waals surface area (Å²) in [5.41, 5.74) is 3.43. The molecule has 1 aromatic rings. The predicted molar refractivity (Wildman–Crippen MR) is 66.6 cm³/mol. The SMILES string of the molecule is Cc1cccc(C)c1NC1CCS(=O)(=O)C1. The first-order valence-corrected chi connectivity index (χ1v) is 7.33. The van der Waals surface area contributed by atoms with E-state index in [1.54, 1.807) is 0 Å². The van der Waals surface area contributed by atoms with Crippen LogP contribution in [0.1, 0.15) is 17.5 Å². The summed E-state index contributed by atoms with van der Waals surface area (Å²) in [7, 11) is -2.80. The van der Waals surface area contributed by atoms with Crippen molar-refractivity contribution in [2.45, 2.75) is 26.3 Å². The average Bonchev–Trinajstić information content (AvgIpc) is 2.52. The van der Waals surface area contributed by atoms with Gasteiger partial charge in [-0.05, 0) is 31.4 Å². The maximum Gasteiger partial charge on any atom is 0.152 e. The molecule has 0 spiro atoms. The highest BCUT2D eigenvalue weighted by Crippen LogP contribution is 2.23. The highest BCUT2D eigenvalue weighted by Gasteiger charge is 2.28. The van der Waals surface area contributed by atoms with E-state index in [1.165, 1.54) is 11.1 Å². The number of hydrogen-bond acceptors (Lipinski definition) is 3. The van der Waals surface area contributed by atoms with Crippen LogP contribution in [0.2, 0.25) is 0 Å². The second kappa shape index (κ2) is 4.09. The third kappa shape index (κ3) is 2.38. The molecule has 88 valence electrons. The number of rotatable bonds is 2. The zero-order valence-electron chi connectivity index (χ0n) is 9.66. The van der Waals surface area contributed by atoms with E-state index in [9.17, 15) is 8.42 Å². The molecule has 1 saturated heterocycles. The number of hydrogen-bond donors (Lipinski definition) is 1. The molecule has 1 aliphatic rings. The van der Waals surface area contributed by atoms with E-state index in [0.29, 0.717) is 5.75 Å². The summed E-state index contributed by atoms with van der Waals surface area (Å²) in [6.45, 7) is 4.08. The van der Waals surface area contributed by atoms with Crippen LogP contribution in [-0.2, 0) is 9.84 Å². The van der Waals surface area contributed by atoms with Gasteiger partial charge in [-0.15, -0.1) is 0 Å². The zero-order chi connectivity index (χ0) is 11.8. The van der Waals surface area contributed by atoms with Crippen LogP contribution in [-0.4, -0.2) is 26.0 Å². The van der Waals surface area contributed by atoms with Gasteiger partial charge >= 0.3 is 0 Å². The van der Waals surface area contributed by atoms with Crippen LogP contribution in [0.3, 0.4) is 0 Å². The first kappa shape index (κ1) is 11.5. The van der Waals surface area contributed by atoms with E-state index in [0.717, 1.165) is 12.1 Å². The van der Waals surface area contributed by atoms with Gasteiger partial charge in [0.15, 0.2) is 9.84 Å². The van der Waals surface area contributed by atoms with E-state index >= 15 is 0 Å². The Morgan fingerprint density at radius 2 is 1.88 bits per heavy atom. The molecule has 0 radical (unpaired) electrons. The molecule has 1 aromatic carbocycles. The summed E-state index contributed by atoms with van der Waals surface area (Å²) >= 11 is 0. The molecule has 16 heavy (non-hydrogen) atoms. The van der Waals surface area contributed by atoms with E-state index in [2.05, 4.69) is 5.32 Å². The Kier molecular flexibility index (Phi) is 2.93. The maximum atomic E-state index is 11.4. The molecule has 1 heterocycles. The number of anilines is 1. The summed E-state index contributed by atoms with van der Waals surface area (Å²) in [6.07, 6.45) is 0.718. The molecule has 1 fully saturated rings. The number of nitrogens with one attached hydrogen (secondary N) is 1. The maximum absolute atomic E-state index is 11.4. The van der Waals surface area contributed by atoms with Crippen LogP contribution >= 0.6 is 0 Å². The Morgan fingerprint density at radius 1 is 1.25 bits per heavy atom. The Balaban J connectivity index is 2.16. The second-order valence-corrected chi connectivity index (χ2v) is 6.74. The van der Waals surface area contributed by atoms with Gasteiger partial charge in [-0.1, -0.05) is 18.2 Å². The summed E-state index contributed by atoms with van der Waals surface area (Å²) in [5, 5.41) is 3.35. The lowest BCUT2D eigenvalue weighted by Gasteiger charge is -2.17. The monoisotopic (exact) mass is 239 g/mol. The highest BCUT2D eigenvalue weighted by molar-refractivity contribution is 7.91. The van der Waals surface area contributed by atoms with Crippen molar-refractivity contribution in [1.29, 1.82) is 0 Å². The molecule has 3 nitrogen and oxygen atoms in total. The van der Waals surface area contributed by atoms with Gasteiger partial charge in [0.1, 0.15) is 0 Å². The van der Waals surface area contributed by atoms with E-state index in [1.807, 2.05) is 32.0 Å². The Labute approximate surface area is 96.8 Å². The van der Waals surface area contributed by atoms with Gasteiger partial charge in [-0.3, -0.25) is 0 Å². The van der Waals surface area contributed by atoms with Gasteiger partial charge < -0.3 is 5.32 Å². The van der Waals surface area contributed by atoms with Crippen molar-refractivity contribution in [3.05, 3.63) is 29.3 Å². The van der Waals surface area contributed by atoms with E-state index in [-0.39, 0.29) is 11.8 Å². The van der Waals surface area contributed by atoms with Gasteiger partial charge in [0.25, 0.3) is 0 Å². The van der Waals surface area contributed by atoms with Crippen LogP contribution < -0.4 is 5.32 Å². The summed E-state index contributed by atoms with van der Waals surface area (Å²) < 4.78 is 22.7. The van der Waals surface area contributed by atoms with Crippen molar-refractivity contribution in [3.8, 4) is 0 Å². The number of para-hydroxylation sites is 1. The molecular formula is C12H17NO2S. The van der Waals surface area contributed by atoms with Gasteiger partial charge in [0.2, 0.25) is 0 Å². The van der Waals surface area contributed by atoms with Crippen LogP contribution in [0.25, 0.3) is 0 Å². The van der Waals surface area contributed by atoms with Gasteiger partial charge in [0, 0.05) is 11.7 Å². The largest absolute Gasteiger partial charge is 0.381 e. The van der Waals surface area contributed by atoms with Crippen LogP contribution in [0, 0.1) is 13.8 Å². The molecule has 1 N–H and O–H groups in total. The van der Waals surface area contributed by atoms with Crippen molar-refractivity contribution in [2.75, 3.05) is 16.8 Å². The van der Waals surface area contributed by atoms with Crippen molar-refractivity contribution >= 4 is 15.5 Å². The Hall–Kier alpha value is -1.03. The van der Waals surface area contributed by atoms with Crippen molar-refractivity contribution in [3.63, 3.8) is 0 Å². The fourth-order valence-corrected chi connectivity index (χ4v) is 3.83. The number of aryl methyl sites for hydroxylation is 2. The molecule has 0 aromatic heterocycles. The standard InChI is InChI=1S/C12H17NO2S/c1-9-4-3-5-10(2)12(9)13-11-6-7-16(14,15)8-11/h3-5,11,13H,6-8H2,1-2H3. The lowest BCUT2D eigenvalue weighted by molar-refractivity contribution is 0.602. The molecule has 2 rings (SSSR count). The van der Waals surface area contributed by atoms with Crippen LogP contribution in [0.4, 0.5) is 5.69 Å². The van der Waals surface area contributed by atoms with Crippen molar-refractivity contribution < 1.29 is 8.42 Å².